The molecule has 5 nitrogen and oxygen atoms in total. The first kappa shape index (κ1) is 24.3. The van der Waals surface area contributed by atoms with Crippen LogP contribution in [0.3, 0.4) is 0 Å². The minimum Gasteiger partial charge on any atom is -0.426 e. The lowest BCUT2D eigenvalue weighted by Crippen LogP contribution is -2.19. The summed E-state index contributed by atoms with van der Waals surface area (Å²) in [7, 11) is 0. The van der Waals surface area contributed by atoms with Crippen molar-refractivity contribution in [1.82, 2.24) is 0 Å². The Bertz CT molecular complexity index is 2170. The van der Waals surface area contributed by atoms with Crippen molar-refractivity contribution in [3.8, 4) is 0 Å². The van der Waals surface area contributed by atoms with Gasteiger partial charge in [-0.15, -0.1) is 0 Å². The van der Waals surface area contributed by atoms with Crippen molar-refractivity contribution in [3.05, 3.63) is 120 Å². The summed E-state index contributed by atoms with van der Waals surface area (Å²) in [5, 5.41) is 12.3. The van der Waals surface area contributed by atoms with Crippen molar-refractivity contribution in [2.45, 2.75) is 0 Å². The topological polar surface area (TPSA) is 69.7 Å². The largest absolute Gasteiger partial charge is 0.509 e. The lowest BCUT2D eigenvalue weighted by atomic mass is 9.91. The Morgan fingerprint density at radius 1 is 0.405 bits per heavy atom. The third-order valence-corrected chi connectivity index (χ3v) is 8.30. The van der Waals surface area contributed by atoms with Crippen molar-refractivity contribution < 1.29 is 23.9 Å². The van der Waals surface area contributed by atoms with Gasteiger partial charge in [0.25, 0.3) is 0 Å². The van der Waals surface area contributed by atoms with Crippen LogP contribution >= 0.6 is 0 Å². The van der Waals surface area contributed by atoms with E-state index < -0.39 is 19.4 Å². The summed E-state index contributed by atoms with van der Waals surface area (Å²) in [6.07, 6.45) is -1.06. The van der Waals surface area contributed by atoms with Crippen LogP contribution < -0.4 is 0 Å². The van der Waals surface area contributed by atoms with Crippen LogP contribution in [0.25, 0.3) is 64.6 Å². The molecule has 0 aliphatic carbocycles. The number of benzene rings is 8. The second-order valence-corrected chi connectivity index (χ2v) is 10.6. The first-order chi connectivity index (χ1) is 20.6. The molecule has 0 radical (unpaired) electrons. The van der Waals surface area contributed by atoms with E-state index in [1.54, 1.807) is 12.1 Å². The number of Topliss-reactive ketones (excluding diaryl/α,β-unsaturated/α-hetero) is 2. The fourth-order valence-electron chi connectivity index (χ4n) is 6.40. The van der Waals surface area contributed by atoms with Crippen LogP contribution in [0.4, 0.5) is 4.79 Å². The predicted molar refractivity (Wildman–Crippen MR) is 166 cm³/mol. The van der Waals surface area contributed by atoms with E-state index in [9.17, 15) is 14.4 Å². The van der Waals surface area contributed by atoms with Gasteiger partial charge in [-0.2, -0.15) is 0 Å². The van der Waals surface area contributed by atoms with Gasteiger partial charge in [0, 0.05) is 11.1 Å². The zero-order valence-corrected chi connectivity index (χ0v) is 22.3. The number of carbonyl (C=O) groups excluding carboxylic acids is 3. The van der Waals surface area contributed by atoms with Crippen molar-refractivity contribution in [2.75, 3.05) is 13.2 Å². The highest BCUT2D eigenvalue weighted by atomic mass is 16.7. The Morgan fingerprint density at radius 3 is 1.14 bits per heavy atom. The fourth-order valence-corrected chi connectivity index (χ4v) is 6.40. The number of hydrogen-bond acceptors (Lipinski definition) is 5. The monoisotopic (exact) mass is 546 g/mol. The maximum absolute atomic E-state index is 13.2. The Balaban J connectivity index is 0.998. The van der Waals surface area contributed by atoms with Crippen LogP contribution in [0.1, 0.15) is 20.7 Å². The Kier molecular flexibility index (Phi) is 5.34. The molecule has 0 aliphatic rings. The summed E-state index contributed by atoms with van der Waals surface area (Å²) in [6.45, 7) is -0.981. The fraction of sp³-hybridized carbons (Fsp3) is 0.0541. The summed E-state index contributed by atoms with van der Waals surface area (Å²) in [4.78, 5) is 38.8. The standard InChI is InChI=1S/C37H22O5/c38-31(27-15-11-25-9-7-21-3-1-5-23-13-17-29(27)35(25)33(21)23)19-41-37(40)42-20-32(39)28-16-12-26-10-8-22-4-2-6-24-14-18-30(28)36(26)34(22)24/h1-18H,19-20H2. The first-order valence-electron chi connectivity index (χ1n) is 13.8. The quantitative estimate of drug-likeness (QED) is 0.119. The van der Waals surface area contributed by atoms with Crippen molar-refractivity contribution in [3.63, 3.8) is 0 Å². The molecule has 0 aliphatic heterocycles. The minimum atomic E-state index is -1.06. The van der Waals surface area contributed by atoms with E-state index in [1.165, 1.54) is 0 Å². The lowest BCUT2D eigenvalue weighted by molar-refractivity contribution is 0.0468. The first-order valence-corrected chi connectivity index (χ1v) is 13.8. The molecule has 8 aromatic carbocycles. The molecule has 0 heterocycles. The molecule has 0 saturated carbocycles. The SMILES string of the molecule is O=C(OCC(=O)c1ccc2ccc3cccc4ccc1c2c34)OCC(=O)c1ccc2ccc3cccc4ccc1c2c34. The highest BCUT2D eigenvalue weighted by molar-refractivity contribution is 6.28. The van der Waals surface area contributed by atoms with Gasteiger partial charge < -0.3 is 9.47 Å². The highest BCUT2D eigenvalue weighted by Crippen LogP contribution is 2.37. The average Bonchev–Trinajstić information content (AvgIpc) is 3.03. The Hall–Kier alpha value is -5.55. The molecule has 0 N–H and O–H groups in total. The van der Waals surface area contributed by atoms with Crippen LogP contribution in [0, 0.1) is 0 Å². The van der Waals surface area contributed by atoms with Gasteiger partial charge in [-0.05, 0) is 64.6 Å². The van der Waals surface area contributed by atoms with Crippen LogP contribution in [0.2, 0.25) is 0 Å². The summed E-state index contributed by atoms with van der Waals surface area (Å²) in [5.41, 5.74) is 0.941. The molecule has 8 aromatic rings. The van der Waals surface area contributed by atoms with Crippen molar-refractivity contribution >= 4 is 82.4 Å². The summed E-state index contributed by atoms with van der Waals surface area (Å²) in [6, 6.07) is 35.7. The van der Waals surface area contributed by atoms with E-state index in [0.717, 1.165) is 64.6 Å². The van der Waals surface area contributed by atoms with Crippen LogP contribution in [0.5, 0.6) is 0 Å². The molecular formula is C37H22O5. The number of carbonyl (C=O) groups is 3. The Morgan fingerprint density at radius 2 is 0.738 bits per heavy atom. The molecule has 0 bridgehead atoms. The molecule has 0 aromatic heterocycles. The maximum atomic E-state index is 13.2. The number of rotatable bonds is 6. The molecule has 0 atom stereocenters. The summed E-state index contributed by atoms with van der Waals surface area (Å²) < 4.78 is 10.3. The van der Waals surface area contributed by atoms with Gasteiger partial charge in [0.1, 0.15) is 0 Å². The molecule has 0 unspecified atom stereocenters. The second-order valence-electron chi connectivity index (χ2n) is 10.6. The van der Waals surface area contributed by atoms with Gasteiger partial charge in [0.2, 0.25) is 11.6 Å². The summed E-state index contributed by atoms with van der Waals surface area (Å²) >= 11 is 0. The van der Waals surface area contributed by atoms with E-state index in [0.29, 0.717) is 11.1 Å². The zero-order valence-electron chi connectivity index (χ0n) is 22.3. The zero-order chi connectivity index (χ0) is 28.4. The second kappa shape index (κ2) is 9.25. The van der Waals surface area contributed by atoms with Gasteiger partial charge in [-0.25, -0.2) is 4.79 Å². The molecule has 0 fully saturated rings. The van der Waals surface area contributed by atoms with E-state index in [4.69, 9.17) is 9.47 Å². The molecular weight excluding hydrogens is 524 g/mol. The van der Waals surface area contributed by atoms with Crippen molar-refractivity contribution in [1.29, 1.82) is 0 Å². The van der Waals surface area contributed by atoms with Gasteiger partial charge in [-0.1, -0.05) is 109 Å². The number of ketones is 2. The molecule has 0 amide bonds. The molecule has 0 spiro atoms. The maximum Gasteiger partial charge on any atom is 0.509 e. The molecule has 8 rings (SSSR count). The van der Waals surface area contributed by atoms with Crippen LogP contribution in [-0.2, 0) is 9.47 Å². The molecule has 5 heteroatoms. The third kappa shape index (κ3) is 3.67. The number of hydrogen-bond donors (Lipinski definition) is 0. The van der Waals surface area contributed by atoms with E-state index in [1.807, 2.05) is 60.7 Å². The minimum absolute atomic E-state index is 0.344. The van der Waals surface area contributed by atoms with Gasteiger partial charge in [0.15, 0.2) is 13.2 Å². The molecule has 200 valence electrons. The molecule has 0 saturated heterocycles. The number of ether oxygens (including phenoxy) is 2. The summed E-state index contributed by atoms with van der Waals surface area (Å²) in [5.74, 6) is -0.689. The van der Waals surface area contributed by atoms with Crippen LogP contribution in [-0.4, -0.2) is 30.9 Å². The highest BCUT2D eigenvalue weighted by Gasteiger charge is 2.19. The van der Waals surface area contributed by atoms with E-state index in [-0.39, 0.29) is 11.6 Å². The van der Waals surface area contributed by atoms with Gasteiger partial charge in [-0.3, -0.25) is 9.59 Å². The van der Waals surface area contributed by atoms with Gasteiger partial charge >= 0.3 is 6.16 Å². The predicted octanol–water partition coefficient (Wildman–Crippen LogP) is 8.70. The van der Waals surface area contributed by atoms with Gasteiger partial charge in [0.05, 0.1) is 0 Å². The molecule has 42 heavy (non-hydrogen) atoms. The smallest absolute Gasteiger partial charge is 0.426 e. The average molecular weight is 547 g/mol. The van der Waals surface area contributed by atoms with E-state index >= 15 is 0 Å². The van der Waals surface area contributed by atoms with E-state index in [2.05, 4.69) is 36.4 Å². The van der Waals surface area contributed by atoms with Crippen LogP contribution in [0.15, 0.2) is 109 Å². The lowest BCUT2D eigenvalue weighted by Gasteiger charge is -2.14. The third-order valence-electron chi connectivity index (χ3n) is 8.30. The Labute approximate surface area is 239 Å². The normalized spacial score (nSPS) is 11.8. The van der Waals surface area contributed by atoms with Crippen molar-refractivity contribution in [2.24, 2.45) is 0 Å².